The van der Waals surface area contributed by atoms with E-state index in [9.17, 15) is 19.5 Å². The topological polar surface area (TPSA) is 93.8 Å². The van der Waals surface area contributed by atoms with Gasteiger partial charge in [-0.15, -0.1) is 0 Å². The average Bonchev–Trinajstić information content (AvgIpc) is 3.67. The SMILES string of the molecule is CC[C@@]1(O)C(=O)OCc2c1cc1n(c2=O)Cc2c-1c(=O)c1cc(F)c(CN(C(C)C)C3CC3)c3c1n2CCC3. The van der Waals surface area contributed by atoms with Crippen LogP contribution in [0, 0.1) is 5.82 Å². The molecule has 0 bridgehead atoms. The lowest BCUT2D eigenvalue weighted by Crippen LogP contribution is -2.44. The number of cyclic esters (lactones) is 1. The number of hydrogen-bond acceptors (Lipinski definition) is 6. The van der Waals surface area contributed by atoms with E-state index < -0.39 is 11.6 Å². The number of rotatable bonds is 5. The van der Waals surface area contributed by atoms with Crippen molar-refractivity contribution in [1.82, 2.24) is 14.0 Å². The first-order chi connectivity index (χ1) is 18.7. The fraction of sp³-hybridized carbons (Fsp3) is 0.500. The van der Waals surface area contributed by atoms with Crippen LogP contribution < -0.4 is 11.0 Å². The van der Waals surface area contributed by atoms with Gasteiger partial charge in [-0.05, 0) is 63.6 Å². The van der Waals surface area contributed by atoms with Gasteiger partial charge in [0.05, 0.1) is 34.6 Å². The number of fused-ring (bicyclic) bond motifs is 5. The molecule has 0 unspecified atom stereocenters. The lowest BCUT2D eigenvalue weighted by atomic mass is 9.85. The number of aliphatic hydroxyl groups is 1. The Balaban J connectivity index is 1.47. The van der Waals surface area contributed by atoms with E-state index in [1.807, 2.05) is 0 Å². The molecule has 5 heterocycles. The van der Waals surface area contributed by atoms with E-state index in [2.05, 4.69) is 23.3 Å². The maximum atomic E-state index is 15.8. The molecule has 0 saturated heterocycles. The molecule has 39 heavy (non-hydrogen) atoms. The lowest BCUT2D eigenvalue weighted by Gasteiger charge is -2.31. The number of carbonyl (C=O) groups excluding carboxylic acids is 1. The van der Waals surface area contributed by atoms with E-state index in [-0.39, 0.29) is 53.5 Å². The smallest absolute Gasteiger partial charge is 0.343 e. The van der Waals surface area contributed by atoms with Crippen LogP contribution in [0.5, 0.6) is 0 Å². The second kappa shape index (κ2) is 8.35. The highest BCUT2D eigenvalue weighted by atomic mass is 19.1. The minimum absolute atomic E-state index is 0.0299. The van der Waals surface area contributed by atoms with Crippen LogP contribution in [0.25, 0.3) is 22.2 Å². The molecule has 0 radical (unpaired) electrons. The standard InChI is InChI=1S/C30H32FN3O5/c1-4-30(38)21-11-23-25-24(13-34(23)28(36)20(21)14-39-29(30)37)32-9-5-6-17-19(12-33(15(2)3)16-7-8-16)22(31)10-18(26(17)32)27(25)35/h10-11,15-16,38H,4-9,12-14H2,1-3H3/t30-/m0/s1. The third-order valence-corrected chi connectivity index (χ3v) is 9.26. The zero-order valence-electron chi connectivity index (χ0n) is 22.5. The number of carbonyl (C=O) groups is 1. The minimum Gasteiger partial charge on any atom is -0.458 e. The first-order valence-electron chi connectivity index (χ1n) is 14.0. The van der Waals surface area contributed by atoms with Gasteiger partial charge in [0.1, 0.15) is 12.4 Å². The van der Waals surface area contributed by atoms with Crippen molar-refractivity contribution in [3.8, 4) is 11.3 Å². The molecular formula is C30H32FN3O5. The second-order valence-electron chi connectivity index (χ2n) is 11.7. The number of esters is 1. The molecule has 9 heteroatoms. The number of halogens is 1. The quantitative estimate of drug-likeness (QED) is 0.396. The first kappa shape index (κ1) is 24.7. The van der Waals surface area contributed by atoms with E-state index >= 15 is 4.39 Å². The number of ether oxygens (including phenoxy) is 1. The van der Waals surface area contributed by atoms with E-state index in [0.29, 0.717) is 47.8 Å². The van der Waals surface area contributed by atoms with Crippen molar-refractivity contribution in [2.75, 3.05) is 0 Å². The summed E-state index contributed by atoms with van der Waals surface area (Å²) in [6.45, 7) is 7.08. The minimum atomic E-state index is -1.95. The molecule has 1 aromatic carbocycles. The van der Waals surface area contributed by atoms with Crippen molar-refractivity contribution in [2.45, 2.75) is 96.8 Å². The summed E-state index contributed by atoms with van der Waals surface area (Å²) in [5.41, 5.74) is 1.54. The Morgan fingerprint density at radius 3 is 2.64 bits per heavy atom. The second-order valence-corrected chi connectivity index (χ2v) is 11.7. The molecule has 1 N–H and O–H groups in total. The number of nitrogens with zero attached hydrogens (tertiary/aromatic N) is 3. The Labute approximate surface area is 224 Å². The summed E-state index contributed by atoms with van der Waals surface area (Å²) < 4.78 is 24.6. The molecule has 1 fully saturated rings. The van der Waals surface area contributed by atoms with Crippen LogP contribution in [0.2, 0.25) is 0 Å². The molecule has 7 rings (SSSR count). The Kier molecular flexibility index (Phi) is 5.29. The number of pyridine rings is 2. The van der Waals surface area contributed by atoms with Gasteiger partial charge in [-0.25, -0.2) is 9.18 Å². The Hall–Kier alpha value is -3.30. The maximum absolute atomic E-state index is 15.8. The van der Waals surface area contributed by atoms with Gasteiger partial charge in [0.25, 0.3) is 5.56 Å². The van der Waals surface area contributed by atoms with Crippen molar-refractivity contribution in [2.24, 2.45) is 0 Å². The largest absolute Gasteiger partial charge is 0.458 e. The number of aryl methyl sites for hydroxylation is 2. The number of hydrogen-bond donors (Lipinski definition) is 1. The van der Waals surface area contributed by atoms with Crippen LogP contribution in [-0.2, 0) is 47.8 Å². The van der Waals surface area contributed by atoms with E-state index in [1.54, 1.807) is 13.0 Å². The third kappa shape index (κ3) is 3.32. The highest BCUT2D eigenvalue weighted by Crippen LogP contribution is 2.41. The monoisotopic (exact) mass is 533 g/mol. The van der Waals surface area contributed by atoms with E-state index in [4.69, 9.17) is 4.74 Å². The predicted octanol–water partition coefficient (Wildman–Crippen LogP) is 3.30. The molecule has 1 saturated carbocycles. The van der Waals surface area contributed by atoms with Crippen LogP contribution >= 0.6 is 0 Å². The molecule has 3 aromatic rings. The molecule has 2 aromatic heterocycles. The Bertz CT molecular complexity index is 1710. The van der Waals surface area contributed by atoms with Crippen LogP contribution in [0.1, 0.15) is 74.4 Å². The van der Waals surface area contributed by atoms with Crippen LogP contribution in [-0.4, -0.2) is 37.2 Å². The van der Waals surface area contributed by atoms with Crippen LogP contribution in [0.4, 0.5) is 4.39 Å². The van der Waals surface area contributed by atoms with Crippen molar-refractivity contribution in [3.05, 3.63) is 66.5 Å². The number of aromatic nitrogens is 2. The van der Waals surface area contributed by atoms with Crippen molar-refractivity contribution in [3.63, 3.8) is 0 Å². The molecule has 4 aliphatic rings. The first-order valence-corrected chi connectivity index (χ1v) is 14.0. The molecule has 1 aliphatic carbocycles. The van der Waals surface area contributed by atoms with E-state index in [1.165, 1.54) is 10.6 Å². The van der Waals surface area contributed by atoms with Gasteiger partial charge in [0.2, 0.25) is 0 Å². The van der Waals surface area contributed by atoms with Gasteiger partial charge in [-0.3, -0.25) is 14.5 Å². The molecule has 3 aliphatic heterocycles. The maximum Gasteiger partial charge on any atom is 0.343 e. The van der Waals surface area contributed by atoms with Gasteiger partial charge in [0, 0.05) is 41.7 Å². The lowest BCUT2D eigenvalue weighted by molar-refractivity contribution is -0.172. The summed E-state index contributed by atoms with van der Waals surface area (Å²) in [7, 11) is 0. The van der Waals surface area contributed by atoms with Gasteiger partial charge >= 0.3 is 5.97 Å². The summed E-state index contributed by atoms with van der Waals surface area (Å²) in [6, 6.07) is 3.74. The van der Waals surface area contributed by atoms with Gasteiger partial charge in [-0.1, -0.05) is 6.92 Å². The zero-order chi connectivity index (χ0) is 27.4. The summed E-state index contributed by atoms with van der Waals surface area (Å²) in [6.07, 6.45) is 3.78. The normalized spacial score (nSPS) is 21.4. The van der Waals surface area contributed by atoms with Gasteiger partial charge in [0.15, 0.2) is 11.0 Å². The summed E-state index contributed by atoms with van der Waals surface area (Å²) in [4.78, 5) is 42.5. The molecule has 0 amide bonds. The highest BCUT2D eigenvalue weighted by Gasteiger charge is 2.46. The zero-order valence-corrected chi connectivity index (χ0v) is 22.5. The number of benzene rings is 1. The van der Waals surface area contributed by atoms with Crippen LogP contribution in [0.15, 0.2) is 21.7 Å². The summed E-state index contributed by atoms with van der Waals surface area (Å²) in [5.74, 6) is -1.16. The Morgan fingerprint density at radius 2 is 1.95 bits per heavy atom. The predicted molar refractivity (Wildman–Crippen MR) is 143 cm³/mol. The molecular weight excluding hydrogens is 501 g/mol. The highest BCUT2D eigenvalue weighted by molar-refractivity contribution is 5.90. The molecule has 8 nitrogen and oxygen atoms in total. The fourth-order valence-electron chi connectivity index (χ4n) is 7.01. The van der Waals surface area contributed by atoms with Crippen molar-refractivity contribution < 1.29 is 19.0 Å². The van der Waals surface area contributed by atoms with Crippen molar-refractivity contribution in [1.29, 1.82) is 0 Å². The third-order valence-electron chi connectivity index (χ3n) is 9.26. The molecule has 1 atom stereocenters. The average molecular weight is 534 g/mol. The fourth-order valence-corrected chi connectivity index (χ4v) is 7.01. The molecule has 204 valence electrons. The van der Waals surface area contributed by atoms with E-state index in [0.717, 1.165) is 36.0 Å². The van der Waals surface area contributed by atoms with Gasteiger partial charge < -0.3 is 19.0 Å². The Morgan fingerprint density at radius 1 is 1.18 bits per heavy atom. The van der Waals surface area contributed by atoms with Crippen molar-refractivity contribution >= 4 is 16.9 Å². The van der Waals surface area contributed by atoms with Crippen LogP contribution in [0.3, 0.4) is 0 Å². The molecule has 0 spiro atoms. The summed E-state index contributed by atoms with van der Waals surface area (Å²) >= 11 is 0. The summed E-state index contributed by atoms with van der Waals surface area (Å²) in [5, 5.41) is 11.5. The van der Waals surface area contributed by atoms with Gasteiger partial charge in [-0.2, -0.15) is 0 Å².